The van der Waals surface area contributed by atoms with Crippen molar-refractivity contribution in [3.05, 3.63) is 26.9 Å². The molecule has 2 N–H and O–H groups in total. The third-order valence-corrected chi connectivity index (χ3v) is 3.85. The van der Waals surface area contributed by atoms with Crippen molar-refractivity contribution in [2.24, 2.45) is 5.73 Å². The van der Waals surface area contributed by atoms with Crippen LogP contribution in [0.4, 0.5) is 0 Å². The van der Waals surface area contributed by atoms with Gasteiger partial charge in [0.1, 0.15) is 0 Å². The molecule has 0 amide bonds. The fourth-order valence-electron chi connectivity index (χ4n) is 1.59. The molecule has 1 unspecified atom stereocenters. The molecule has 1 aliphatic heterocycles. The highest BCUT2D eigenvalue weighted by molar-refractivity contribution is 9.11. The van der Waals surface area contributed by atoms with E-state index in [2.05, 4.69) is 42.8 Å². The molecule has 2 rings (SSSR count). The second-order valence-electron chi connectivity index (χ2n) is 4.69. The van der Waals surface area contributed by atoms with Gasteiger partial charge in [-0.05, 0) is 54.9 Å². The van der Waals surface area contributed by atoms with Crippen molar-refractivity contribution in [2.75, 3.05) is 0 Å². The largest absolute Gasteiger partial charge is 0.301 e. The predicted molar refractivity (Wildman–Crippen MR) is 70.6 cm³/mol. The van der Waals surface area contributed by atoms with Crippen LogP contribution >= 0.6 is 27.3 Å². The summed E-state index contributed by atoms with van der Waals surface area (Å²) < 4.78 is 1.11. The molecule has 0 saturated carbocycles. The van der Waals surface area contributed by atoms with Crippen molar-refractivity contribution in [1.82, 2.24) is 5.06 Å². The SMILES string of the molecule is CC(C)(C)N1OC(N)C=C1c1ccc(Br)s1. The Hall–Kier alpha value is -0.360. The molecule has 0 saturated heterocycles. The molecule has 0 radical (unpaired) electrons. The lowest BCUT2D eigenvalue weighted by Crippen LogP contribution is -2.39. The minimum atomic E-state index is -0.352. The summed E-state index contributed by atoms with van der Waals surface area (Å²) in [6.07, 6.45) is 1.60. The van der Waals surface area contributed by atoms with Gasteiger partial charge < -0.3 is 5.73 Å². The van der Waals surface area contributed by atoms with E-state index in [0.29, 0.717) is 0 Å². The number of halogens is 1. The molecule has 1 aromatic rings. The monoisotopic (exact) mass is 302 g/mol. The van der Waals surface area contributed by atoms with E-state index in [-0.39, 0.29) is 11.8 Å². The standard InChI is InChI=1S/C11H15BrN2OS/c1-11(2,3)14-7(6-10(13)15-14)8-4-5-9(12)16-8/h4-6,10H,13H2,1-3H3. The number of hydrogen-bond acceptors (Lipinski definition) is 4. The molecule has 0 spiro atoms. The molecule has 1 aromatic heterocycles. The maximum Gasteiger partial charge on any atom is 0.155 e. The molecule has 16 heavy (non-hydrogen) atoms. The van der Waals surface area contributed by atoms with Crippen molar-refractivity contribution in [1.29, 1.82) is 0 Å². The molecule has 0 bridgehead atoms. The number of nitrogens with zero attached hydrogens (tertiary/aromatic N) is 1. The summed E-state index contributed by atoms with van der Waals surface area (Å²) in [5.41, 5.74) is 6.76. The quantitative estimate of drug-likeness (QED) is 0.866. The average molecular weight is 303 g/mol. The van der Waals surface area contributed by atoms with E-state index < -0.39 is 0 Å². The van der Waals surface area contributed by atoms with Gasteiger partial charge in [0.05, 0.1) is 19.9 Å². The minimum Gasteiger partial charge on any atom is -0.301 e. The second kappa shape index (κ2) is 4.14. The topological polar surface area (TPSA) is 38.5 Å². The highest BCUT2D eigenvalue weighted by Crippen LogP contribution is 2.37. The first-order valence-electron chi connectivity index (χ1n) is 5.08. The lowest BCUT2D eigenvalue weighted by molar-refractivity contribution is -0.168. The van der Waals surface area contributed by atoms with Crippen molar-refractivity contribution < 1.29 is 4.84 Å². The molecule has 0 aliphatic carbocycles. The molecule has 0 fully saturated rings. The summed E-state index contributed by atoms with van der Waals surface area (Å²) in [4.78, 5) is 6.77. The normalized spacial score (nSPS) is 21.4. The van der Waals surface area contributed by atoms with E-state index in [1.807, 2.05) is 17.2 Å². The number of hydroxylamine groups is 2. The van der Waals surface area contributed by atoms with Crippen LogP contribution < -0.4 is 5.73 Å². The van der Waals surface area contributed by atoms with E-state index in [0.717, 1.165) is 14.4 Å². The van der Waals surface area contributed by atoms with Crippen LogP contribution in [-0.4, -0.2) is 16.8 Å². The zero-order valence-electron chi connectivity index (χ0n) is 9.53. The van der Waals surface area contributed by atoms with Gasteiger partial charge in [-0.2, -0.15) is 0 Å². The zero-order valence-corrected chi connectivity index (χ0v) is 11.9. The second-order valence-corrected chi connectivity index (χ2v) is 7.15. The summed E-state index contributed by atoms with van der Waals surface area (Å²) in [6, 6.07) is 4.10. The van der Waals surface area contributed by atoms with E-state index in [9.17, 15) is 0 Å². The minimum absolute atomic E-state index is 0.101. The van der Waals surface area contributed by atoms with Gasteiger partial charge in [0.25, 0.3) is 0 Å². The first-order valence-corrected chi connectivity index (χ1v) is 6.69. The van der Waals surface area contributed by atoms with Gasteiger partial charge in [-0.15, -0.1) is 11.3 Å². The molecule has 88 valence electrons. The highest BCUT2D eigenvalue weighted by Gasteiger charge is 2.32. The summed E-state index contributed by atoms with van der Waals surface area (Å²) >= 11 is 5.14. The summed E-state index contributed by atoms with van der Waals surface area (Å²) in [6.45, 7) is 6.30. The summed E-state index contributed by atoms with van der Waals surface area (Å²) in [5, 5.41) is 1.88. The summed E-state index contributed by atoms with van der Waals surface area (Å²) in [7, 11) is 0. The molecule has 1 atom stereocenters. The molecular formula is C11H15BrN2OS. The van der Waals surface area contributed by atoms with Gasteiger partial charge >= 0.3 is 0 Å². The van der Waals surface area contributed by atoms with Crippen molar-refractivity contribution in [3.8, 4) is 0 Å². The lowest BCUT2D eigenvalue weighted by atomic mass is 10.1. The molecule has 1 aliphatic rings. The Kier molecular flexibility index (Phi) is 3.13. The van der Waals surface area contributed by atoms with Crippen LogP contribution in [0.1, 0.15) is 25.6 Å². The molecule has 0 aromatic carbocycles. The Bertz CT molecular complexity index is 422. The van der Waals surface area contributed by atoms with Crippen LogP contribution in [0.3, 0.4) is 0 Å². The van der Waals surface area contributed by atoms with Crippen LogP contribution in [0.5, 0.6) is 0 Å². The molecule has 2 heterocycles. The van der Waals surface area contributed by atoms with Crippen LogP contribution in [0.15, 0.2) is 22.0 Å². The average Bonchev–Trinajstić information content (AvgIpc) is 2.70. The van der Waals surface area contributed by atoms with Crippen molar-refractivity contribution in [3.63, 3.8) is 0 Å². The third kappa shape index (κ3) is 2.32. The fraction of sp³-hybridized carbons (Fsp3) is 0.455. The van der Waals surface area contributed by atoms with E-state index in [1.54, 1.807) is 11.3 Å². The molecule has 3 nitrogen and oxygen atoms in total. The van der Waals surface area contributed by atoms with E-state index in [1.165, 1.54) is 0 Å². The Morgan fingerprint density at radius 1 is 1.44 bits per heavy atom. The first-order chi connectivity index (χ1) is 7.38. The van der Waals surface area contributed by atoms with Crippen LogP contribution in [-0.2, 0) is 4.84 Å². The smallest absolute Gasteiger partial charge is 0.155 e. The number of rotatable bonds is 1. The Labute approximate surface area is 108 Å². The van der Waals surface area contributed by atoms with Crippen LogP contribution in [0, 0.1) is 0 Å². The van der Waals surface area contributed by atoms with Gasteiger partial charge in [0, 0.05) is 0 Å². The Morgan fingerprint density at radius 3 is 2.62 bits per heavy atom. The van der Waals surface area contributed by atoms with Crippen LogP contribution in [0.25, 0.3) is 5.70 Å². The molecule has 5 heteroatoms. The van der Waals surface area contributed by atoms with Crippen molar-refractivity contribution >= 4 is 33.0 Å². The number of nitrogens with two attached hydrogens (primary N) is 1. The summed E-state index contributed by atoms with van der Waals surface area (Å²) in [5.74, 6) is 0. The van der Waals surface area contributed by atoms with E-state index >= 15 is 0 Å². The number of thiophene rings is 1. The number of hydrogen-bond donors (Lipinski definition) is 1. The first kappa shape index (κ1) is 12.1. The zero-order chi connectivity index (χ0) is 11.9. The maximum atomic E-state index is 5.81. The maximum absolute atomic E-state index is 5.81. The van der Waals surface area contributed by atoms with Gasteiger partial charge in [0.15, 0.2) is 6.23 Å². The lowest BCUT2D eigenvalue weighted by Gasteiger charge is -2.34. The van der Waals surface area contributed by atoms with Gasteiger partial charge in [0.2, 0.25) is 0 Å². The van der Waals surface area contributed by atoms with Crippen LogP contribution in [0.2, 0.25) is 0 Å². The highest BCUT2D eigenvalue weighted by atomic mass is 79.9. The predicted octanol–water partition coefficient (Wildman–Crippen LogP) is 3.18. The Balaban J connectivity index is 2.35. The van der Waals surface area contributed by atoms with Crippen molar-refractivity contribution in [2.45, 2.75) is 32.5 Å². The van der Waals surface area contributed by atoms with E-state index in [4.69, 9.17) is 10.6 Å². The van der Waals surface area contributed by atoms with Gasteiger partial charge in [-0.3, -0.25) is 0 Å². The molecular weight excluding hydrogens is 288 g/mol. The fourth-order valence-corrected chi connectivity index (χ4v) is 2.98. The van der Waals surface area contributed by atoms with Gasteiger partial charge in [-0.1, -0.05) is 0 Å². The Morgan fingerprint density at radius 2 is 2.12 bits per heavy atom. The van der Waals surface area contributed by atoms with Gasteiger partial charge in [-0.25, -0.2) is 9.90 Å². The third-order valence-electron chi connectivity index (χ3n) is 2.20.